The fourth-order valence-electron chi connectivity index (χ4n) is 2.16. The Labute approximate surface area is 127 Å². The van der Waals surface area contributed by atoms with E-state index in [9.17, 15) is 0 Å². The van der Waals surface area contributed by atoms with Gasteiger partial charge in [-0.1, -0.05) is 0 Å². The second-order valence-corrected chi connectivity index (χ2v) is 5.77. The van der Waals surface area contributed by atoms with Crippen molar-refractivity contribution in [2.45, 2.75) is 26.8 Å². The van der Waals surface area contributed by atoms with Crippen LogP contribution in [0.25, 0.3) is 10.2 Å². The Kier molecular flexibility index (Phi) is 3.79. The van der Waals surface area contributed by atoms with Crippen molar-refractivity contribution in [2.24, 2.45) is 0 Å². The van der Waals surface area contributed by atoms with Crippen LogP contribution in [0.2, 0.25) is 0 Å². The van der Waals surface area contributed by atoms with Gasteiger partial charge in [0, 0.05) is 6.54 Å². The van der Waals surface area contributed by atoms with Crippen molar-refractivity contribution in [1.29, 1.82) is 0 Å². The van der Waals surface area contributed by atoms with Gasteiger partial charge in [0.15, 0.2) is 0 Å². The number of rotatable bonds is 5. The summed E-state index contributed by atoms with van der Waals surface area (Å²) < 4.78 is 5.67. The van der Waals surface area contributed by atoms with Gasteiger partial charge in [-0.3, -0.25) is 0 Å². The van der Waals surface area contributed by atoms with Crippen LogP contribution in [0, 0.1) is 6.92 Å². The average Bonchev–Trinajstić information content (AvgIpc) is 3.07. The summed E-state index contributed by atoms with van der Waals surface area (Å²) in [7, 11) is 0. The van der Waals surface area contributed by atoms with Crippen molar-refractivity contribution in [3.8, 4) is 0 Å². The quantitative estimate of drug-likeness (QED) is 0.739. The molecule has 1 unspecified atom stereocenters. The van der Waals surface area contributed by atoms with Crippen molar-refractivity contribution in [3.05, 3.63) is 35.1 Å². The molecule has 0 aromatic carbocycles. The largest absolute Gasteiger partial charge is 0.464 e. The number of thiophene rings is 1. The number of aromatic nitrogens is 2. The monoisotopic (exact) mass is 302 g/mol. The fourth-order valence-corrected chi connectivity index (χ4v) is 2.93. The zero-order chi connectivity index (χ0) is 14.8. The third kappa shape index (κ3) is 2.85. The molecule has 0 amide bonds. The lowest BCUT2D eigenvalue weighted by Gasteiger charge is -2.14. The molecule has 0 aliphatic carbocycles. The van der Waals surface area contributed by atoms with Gasteiger partial charge >= 0.3 is 0 Å². The van der Waals surface area contributed by atoms with Crippen LogP contribution in [-0.4, -0.2) is 16.5 Å². The number of hydrogen-bond acceptors (Lipinski definition) is 6. The maximum Gasteiger partial charge on any atom is 0.226 e. The summed E-state index contributed by atoms with van der Waals surface area (Å²) in [6.07, 6.45) is 0. The van der Waals surface area contributed by atoms with E-state index in [0.29, 0.717) is 5.95 Å². The predicted molar refractivity (Wildman–Crippen MR) is 87.1 cm³/mol. The summed E-state index contributed by atoms with van der Waals surface area (Å²) >= 11 is 1.61. The second-order valence-electron chi connectivity index (χ2n) is 4.88. The SMILES string of the molecule is CCNc1nc(NC(C)c2ccc(C)o2)c2ccsc2n1. The molecule has 6 heteroatoms. The number of fused-ring (bicyclic) bond motifs is 1. The molecule has 0 fully saturated rings. The highest BCUT2D eigenvalue weighted by Crippen LogP contribution is 2.29. The average molecular weight is 302 g/mol. The molecule has 3 aromatic rings. The van der Waals surface area contributed by atoms with Crippen LogP contribution in [0.1, 0.15) is 31.4 Å². The van der Waals surface area contributed by atoms with Crippen molar-refractivity contribution < 1.29 is 4.42 Å². The maximum atomic E-state index is 5.67. The van der Waals surface area contributed by atoms with E-state index in [2.05, 4.69) is 27.5 Å². The van der Waals surface area contributed by atoms with E-state index < -0.39 is 0 Å². The van der Waals surface area contributed by atoms with E-state index in [1.54, 1.807) is 11.3 Å². The van der Waals surface area contributed by atoms with Crippen LogP contribution in [0.5, 0.6) is 0 Å². The molecule has 0 aliphatic rings. The molecule has 21 heavy (non-hydrogen) atoms. The third-order valence-electron chi connectivity index (χ3n) is 3.20. The summed E-state index contributed by atoms with van der Waals surface area (Å²) in [5.74, 6) is 3.30. The minimum atomic E-state index is 0.0474. The minimum absolute atomic E-state index is 0.0474. The summed E-state index contributed by atoms with van der Waals surface area (Å²) in [5, 5.41) is 9.66. The standard InChI is InChI=1S/C15H18N4OS/c1-4-16-15-18-13(11-7-8-21-14(11)19-15)17-10(3)12-6-5-9(2)20-12/h5-8,10H,4H2,1-3H3,(H2,16,17,18,19). The Morgan fingerprint density at radius 2 is 2.14 bits per heavy atom. The molecule has 0 saturated heterocycles. The van der Waals surface area contributed by atoms with Gasteiger partial charge in [0.25, 0.3) is 0 Å². The van der Waals surface area contributed by atoms with Gasteiger partial charge in [0.05, 0.1) is 11.4 Å². The zero-order valence-corrected chi connectivity index (χ0v) is 13.1. The Bertz CT molecular complexity index is 749. The maximum absolute atomic E-state index is 5.67. The van der Waals surface area contributed by atoms with Crippen molar-refractivity contribution in [3.63, 3.8) is 0 Å². The zero-order valence-electron chi connectivity index (χ0n) is 12.3. The first-order chi connectivity index (χ1) is 10.2. The van der Waals surface area contributed by atoms with E-state index in [4.69, 9.17) is 4.42 Å². The molecule has 3 heterocycles. The first-order valence-electron chi connectivity index (χ1n) is 6.99. The Hall–Kier alpha value is -2.08. The lowest BCUT2D eigenvalue weighted by atomic mass is 10.2. The molecule has 3 rings (SSSR count). The number of furan rings is 1. The first kappa shape index (κ1) is 13.9. The van der Waals surface area contributed by atoms with Gasteiger partial charge in [-0.15, -0.1) is 11.3 Å². The fraction of sp³-hybridized carbons (Fsp3) is 0.333. The topological polar surface area (TPSA) is 63.0 Å². The van der Waals surface area contributed by atoms with Crippen LogP contribution in [-0.2, 0) is 0 Å². The smallest absolute Gasteiger partial charge is 0.226 e. The van der Waals surface area contributed by atoms with Crippen LogP contribution in [0.3, 0.4) is 0 Å². The highest BCUT2D eigenvalue weighted by Gasteiger charge is 2.14. The van der Waals surface area contributed by atoms with Gasteiger partial charge < -0.3 is 15.1 Å². The number of nitrogens with zero attached hydrogens (tertiary/aromatic N) is 2. The van der Waals surface area contributed by atoms with Gasteiger partial charge in [-0.05, 0) is 44.4 Å². The van der Waals surface area contributed by atoms with Gasteiger partial charge in [0.1, 0.15) is 22.2 Å². The molecular formula is C15H18N4OS. The molecule has 0 radical (unpaired) electrons. The Morgan fingerprint density at radius 1 is 1.29 bits per heavy atom. The summed E-state index contributed by atoms with van der Waals surface area (Å²) in [5.41, 5.74) is 0. The van der Waals surface area contributed by atoms with Crippen molar-refractivity contribution in [1.82, 2.24) is 9.97 Å². The summed E-state index contributed by atoms with van der Waals surface area (Å²) in [6.45, 7) is 6.83. The van der Waals surface area contributed by atoms with Crippen LogP contribution in [0.4, 0.5) is 11.8 Å². The first-order valence-corrected chi connectivity index (χ1v) is 7.87. The van der Waals surface area contributed by atoms with E-state index in [1.807, 2.05) is 37.4 Å². The summed E-state index contributed by atoms with van der Waals surface area (Å²) in [6, 6.07) is 6.05. The Morgan fingerprint density at radius 3 is 2.86 bits per heavy atom. The molecule has 0 bridgehead atoms. The number of hydrogen-bond donors (Lipinski definition) is 2. The minimum Gasteiger partial charge on any atom is -0.464 e. The molecule has 110 valence electrons. The normalized spacial score (nSPS) is 12.5. The molecule has 0 saturated carbocycles. The van der Waals surface area contributed by atoms with Gasteiger partial charge in [0.2, 0.25) is 5.95 Å². The molecule has 1 atom stereocenters. The molecule has 0 aliphatic heterocycles. The van der Waals surface area contributed by atoms with Crippen molar-refractivity contribution >= 4 is 33.3 Å². The van der Waals surface area contributed by atoms with Crippen LogP contribution >= 0.6 is 11.3 Å². The Balaban J connectivity index is 1.93. The predicted octanol–water partition coefficient (Wildman–Crippen LogP) is 4.20. The number of anilines is 2. The van der Waals surface area contributed by atoms with Crippen molar-refractivity contribution in [2.75, 3.05) is 17.2 Å². The number of aryl methyl sites for hydroxylation is 1. The molecule has 3 aromatic heterocycles. The lowest BCUT2D eigenvalue weighted by Crippen LogP contribution is -2.10. The van der Waals surface area contributed by atoms with Crippen LogP contribution < -0.4 is 10.6 Å². The van der Waals surface area contributed by atoms with E-state index in [0.717, 1.165) is 34.1 Å². The van der Waals surface area contributed by atoms with Gasteiger partial charge in [-0.2, -0.15) is 4.98 Å². The highest BCUT2D eigenvalue weighted by molar-refractivity contribution is 7.16. The van der Waals surface area contributed by atoms with Gasteiger partial charge in [-0.25, -0.2) is 4.98 Å². The second kappa shape index (κ2) is 5.73. The third-order valence-corrected chi connectivity index (χ3v) is 4.01. The molecule has 0 spiro atoms. The molecule has 2 N–H and O–H groups in total. The van der Waals surface area contributed by atoms with E-state index in [1.165, 1.54) is 0 Å². The lowest BCUT2D eigenvalue weighted by molar-refractivity contribution is 0.466. The number of nitrogens with one attached hydrogen (secondary N) is 2. The van der Waals surface area contributed by atoms with E-state index in [-0.39, 0.29) is 6.04 Å². The highest BCUT2D eigenvalue weighted by atomic mass is 32.1. The molecular weight excluding hydrogens is 284 g/mol. The van der Waals surface area contributed by atoms with E-state index >= 15 is 0 Å². The summed E-state index contributed by atoms with van der Waals surface area (Å²) in [4.78, 5) is 10.0. The molecule has 5 nitrogen and oxygen atoms in total. The van der Waals surface area contributed by atoms with Crippen LogP contribution in [0.15, 0.2) is 28.0 Å².